The highest BCUT2D eigenvalue weighted by Gasteiger charge is 2.25. The lowest BCUT2D eigenvalue weighted by molar-refractivity contribution is -0.120. The predicted octanol–water partition coefficient (Wildman–Crippen LogP) is 4.15. The van der Waals surface area contributed by atoms with Crippen LogP contribution < -0.4 is 5.32 Å². The number of carbonyl (C=O) groups excluding carboxylic acids is 2. The highest BCUT2D eigenvalue weighted by Crippen LogP contribution is 2.22. The van der Waals surface area contributed by atoms with Crippen LogP contribution >= 0.6 is 11.8 Å². The van der Waals surface area contributed by atoms with Gasteiger partial charge in [0.05, 0.1) is 5.88 Å². The third-order valence-electron chi connectivity index (χ3n) is 3.87. The zero-order valence-electron chi connectivity index (χ0n) is 13.8. The van der Waals surface area contributed by atoms with E-state index >= 15 is 0 Å². The van der Waals surface area contributed by atoms with Gasteiger partial charge in [0.25, 0.3) is 0 Å². The van der Waals surface area contributed by atoms with Gasteiger partial charge in [0.15, 0.2) is 0 Å². The number of amides is 1. The topological polar surface area (TPSA) is 49.4 Å². The molecule has 0 radical (unpaired) electrons. The minimum atomic E-state index is -0.370. The third kappa shape index (κ3) is 6.00. The first kappa shape index (κ1) is 18.5. The Labute approximate surface area is 146 Å². The molecule has 0 saturated heterocycles. The maximum atomic E-state index is 13.3. The summed E-state index contributed by atoms with van der Waals surface area (Å²) >= 11 is 1.65. The summed E-state index contributed by atoms with van der Waals surface area (Å²) in [5.74, 6) is 0.452. The zero-order chi connectivity index (χ0) is 17.4. The molecule has 0 aliphatic carbocycles. The van der Waals surface area contributed by atoms with Crippen LogP contribution in [-0.4, -0.2) is 28.5 Å². The van der Waals surface area contributed by atoms with Gasteiger partial charge in [-0.3, -0.25) is 4.79 Å². The number of hydrogen-bond donors (Lipinski definition) is 1. The molecule has 1 atom stereocenters. The van der Waals surface area contributed by atoms with Gasteiger partial charge in [0.1, 0.15) is 17.6 Å². The van der Waals surface area contributed by atoms with Crippen molar-refractivity contribution in [3.63, 3.8) is 0 Å². The molecule has 2 rings (SSSR count). The summed E-state index contributed by atoms with van der Waals surface area (Å²) in [6.45, 7) is 1.60. The average molecular weight is 350 g/mol. The van der Waals surface area contributed by atoms with Crippen molar-refractivity contribution in [2.45, 2.75) is 45.1 Å². The molecule has 4 nitrogen and oxygen atoms in total. The number of nitrogens with one attached hydrogen (secondary N) is 1. The van der Waals surface area contributed by atoms with Gasteiger partial charge in [-0.05, 0) is 43.4 Å². The lowest BCUT2D eigenvalue weighted by atomic mass is 10.0. The van der Waals surface area contributed by atoms with Crippen LogP contribution in [0.15, 0.2) is 35.9 Å². The molecule has 1 aliphatic heterocycles. The smallest absolute Gasteiger partial charge is 0.247 e. The van der Waals surface area contributed by atoms with Crippen molar-refractivity contribution in [3.05, 3.63) is 41.7 Å². The summed E-state index contributed by atoms with van der Waals surface area (Å²) in [7, 11) is 0. The summed E-state index contributed by atoms with van der Waals surface area (Å²) in [5, 5.41) is 4.77. The molecule has 0 fully saturated rings. The summed E-state index contributed by atoms with van der Waals surface area (Å²) in [5.41, 5.74) is 0.470. The first-order valence-corrected chi connectivity index (χ1v) is 9.21. The number of hydrogen-bond acceptors (Lipinski definition) is 4. The zero-order valence-corrected chi connectivity index (χ0v) is 14.7. The molecular weight excluding hydrogens is 327 g/mol. The first-order valence-electron chi connectivity index (χ1n) is 8.16. The standard InChI is InChI=1S/C18H23FN2O2S/c1-14(22)6-3-2-4-9-17(21-10-11-24-13-21)18(23)20-16-8-5-7-15(19)12-16/h5,7-8,10-12,17H,2-4,6,9,13H2,1H3,(H,20,23). The summed E-state index contributed by atoms with van der Waals surface area (Å²) in [4.78, 5) is 25.6. The molecule has 0 aromatic heterocycles. The Morgan fingerprint density at radius 1 is 1.33 bits per heavy atom. The largest absolute Gasteiger partial charge is 0.356 e. The minimum absolute atomic E-state index is 0.126. The number of unbranched alkanes of at least 4 members (excludes halogenated alkanes) is 2. The number of halogens is 1. The fraction of sp³-hybridized carbons (Fsp3) is 0.444. The van der Waals surface area contributed by atoms with Gasteiger partial charge in [0, 0.05) is 18.3 Å². The Morgan fingerprint density at radius 2 is 2.17 bits per heavy atom. The quantitative estimate of drug-likeness (QED) is 0.680. The van der Waals surface area contributed by atoms with Crippen LogP contribution in [-0.2, 0) is 9.59 Å². The molecule has 130 valence electrons. The van der Waals surface area contributed by atoms with Crippen LogP contribution in [0.3, 0.4) is 0 Å². The normalized spacial score (nSPS) is 14.7. The Bertz CT molecular complexity index is 606. The van der Waals surface area contributed by atoms with E-state index in [0.717, 1.165) is 25.1 Å². The molecule has 24 heavy (non-hydrogen) atoms. The molecule has 0 spiro atoms. The van der Waals surface area contributed by atoms with Crippen LogP contribution in [0.25, 0.3) is 0 Å². The second-order valence-electron chi connectivity index (χ2n) is 5.91. The van der Waals surface area contributed by atoms with E-state index < -0.39 is 0 Å². The second kappa shape index (κ2) is 9.47. The number of nitrogens with zero attached hydrogens (tertiary/aromatic N) is 1. The molecule has 1 heterocycles. The number of ketones is 1. The van der Waals surface area contributed by atoms with E-state index in [-0.39, 0.29) is 23.5 Å². The van der Waals surface area contributed by atoms with Crippen LogP contribution in [0.2, 0.25) is 0 Å². The van der Waals surface area contributed by atoms with Gasteiger partial charge in [0.2, 0.25) is 5.91 Å². The van der Waals surface area contributed by atoms with Crippen molar-refractivity contribution in [3.8, 4) is 0 Å². The van der Waals surface area contributed by atoms with Crippen molar-refractivity contribution >= 4 is 29.1 Å². The maximum Gasteiger partial charge on any atom is 0.247 e. The van der Waals surface area contributed by atoms with E-state index in [1.165, 1.54) is 12.1 Å². The minimum Gasteiger partial charge on any atom is -0.356 e. The first-order chi connectivity index (χ1) is 11.6. The lowest BCUT2D eigenvalue weighted by Crippen LogP contribution is -2.40. The molecular formula is C18H23FN2O2S. The third-order valence-corrected chi connectivity index (χ3v) is 4.64. The van der Waals surface area contributed by atoms with E-state index in [9.17, 15) is 14.0 Å². The number of Topliss-reactive ketones (excluding diaryl/α,β-unsaturated/α-hetero) is 1. The van der Waals surface area contributed by atoms with Crippen molar-refractivity contribution in [1.82, 2.24) is 4.90 Å². The summed E-state index contributed by atoms with van der Waals surface area (Å²) in [6, 6.07) is 5.64. The van der Waals surface area contributed by atoms with Crippen LogP contribution in [0.1, 0.15) is 39.0 Å². The molecule has 1 aliphatic rings. The summed E-state index contributed by atoms with van der Waals surface area (Å²) in [6.07, 6.45) is 5.90. The lowest BCUT2D eigenvalue weighted by Gasteiger charge is -2.26. The number of anilines is 1. The van der Waals surface area contributed by atoms with E-state index in [0.29, 0.717) is 18.5 Å². The fourth-order valence-electron chi connectivity index (χ4n) is 2.61. The number of rotatable bonds is 9. The van der Waals surface area contributed by atoms with Crippen molar-refractivity contribution in [2.75, 3.05) is 11.2 Å². The van der Waals surface area contributed by atoms with Gasteiger partial charge >= 0.3 is 0 Å². The van der Waals surface area contributed by atoms with Crippen LogP contribution in [0, 0.1) is 5.82 Å². The monoisotopic (exact) mass is 350 g/mol. The van der Waals surface area contributed by atoms with Crippen molar-refractivity contribution in [2.24, 2.45) is 0 Å². The molecule has 1 amide bonds. The highest BCUT2D eigenvalue weighted by atomic mass is 32.2. The van der Waals surface area contributed by atoms with Crippen molar-refractivity contribution in [1.29, 1.82) is 0 Å². The maximum absolute atomic E-state index is 13.3. The van der Waals surface area contributed by atoms with E-state index in [1.807, 2.05) is 16.5 Å². The Hall–Kier alpha value is -1.82. The van der Waals surface area contributed by atoms with Crippen molar-refractivity contribution < 1.29 is 14.0 Å². The molecule has 1 aromatic rings. The Kier molecular flexibility index (Phi) is 7.31. The molecule has 1 aromatic carbocycles. The van der Waals surface area contributed by atoms with Gasteiger partial charge in [-0.25, -0.2) is 4.39 Å². The fourth-order valence-corrected chi connectivity index (χ4v) is 3.38. The molecule has 1 unspecified atom stereocenters. The molecule has 0 saturated carbocycles. The molecule has 0 bridgehead atoms. The summed E-state index contributed by atoms with van der Waals surface area (Å²) < 4.78 is 13.3. The molecule has 6 heteroatoms. The van der Waals surface area contributed by atoms with Gasteiger partial charge in [-0.2, -0.15) is 0 Å². The number of carbonyl (C=O) groups is 2. The van der Waals surface area contributed by atoms with E-state index in [4.69, 9.17) is 0 Å². The average Bonchev–Trinajstić information content (AvgIpc) is 3.04. The Morgan fingerprint density at radius 3 is 2.83 bits per heavy atom. The predicted molar refractivity (Wildman–Crippen MR) is 96.0 cm³/mol. The van der Waals surface area contributed by atoms with Crippen LogP contribution in [0.5, 0.6) is 0 Å². The van der Waals surface area contributed by atoms with Gasteiger partial charge < -0.3 is 15.0 Å². The highest BCUT2D eigenvalue weighted by molar-refractivity contribution is 8.02. The van der Waals surface area contributed by atoms with E-state index in [2.05, 4.69) is 5.32 Å². The number of thioether (sulfide) groups is 1. The Balaban J connectivity index is 1.91. The number of benzene rings is 1. The SMILES string of the molecule is CC(=O)CCCCCC(C(=O)Nc1cccc(F)c1)N1C=CSC1. The van der Waals surface area contributed by atoms with Gasteiger partial charge in [-0.15, -0.1) is 11.8 Å². The second-order valence-corrected chi connectivity index (χ2v) is 6.78. The molecule has 1 N–H and O–H groups in total. The van der Waals surface area contributed by atoms with Crippen LogP contribution in [0.4, 0.5) is 10.1 Å². The van der Waals surface area contributed by atoms with Gasteiger partial charge in [-0.1, -0.05) is 18.9 Å². The van der Waals surface area contributed by atoms with E-state index in [1.54, 1.807) is 30.8 Å².